The van der Waals surface area contributed by atoms with Crippen molar-refractivity contribution in [2.24, 2.45) is 23.2 Å². The molecule has 2 amide bonds. The van der Waals surface area contributed by atoms with Gasteiger partial charge in [-0.05, 0) is 72.1 Å². The van der Waals surface area contributed by atoms with Crippen LogP contribution in [0, 0.1) is 41.9 Å². The van der Waals surface area contributed by atoms with Gasteiger partial charge in [-0.15, -0.1) is 11.3 Å². The zero-order valence-corrected chi connectivity index (χ0v) is 22.3. The number of rotatable bonds is 5. The van der Waals surface area contributed by atoms with E-state index in [0.29, 0.717) is 29.3 Å². The number of anilines is 1. The summed E-state index contributed by atoms with van der Waals surface area (Å²) in [7, 11) is 3.49. The maximum atomic E-state index is 13.9. The maximum Gasteiger partial charge on any atom is 0.348 e. The van der Waals surface area contributed by atoms with Crippen LogP contribution in [0.3, 0.4) is 0 Å². The first-order valence-corrected chi connectivity index (χ1v) is 13.1. The van der Waals surface area contributed by atoms with E-state index in [1.807, 2.05) is 27.7 Å². The van der Waals surface area contributed by atoms with Crippen molar-refractivity contribution < 1.29 is 19.5 Å². The lowest BCUT2D eigenvalue weighted by atomic mass is 9.76. The number of amides is 2. The highest BCUT2D eigenvalue weighted by molar-refractivity contribution is 7.15. The van der Waals surface area contributed by atoms with Gasteiger partial charge in [-0.3, -0.25) is 9.59 Å². The molecule has 0 aliphatic heterocycles. The Labute approximate surface area is 207 Å². The Balaban J connectivity index is 2.03. The van der Waals surface area contributed by atoms with E-state index in [0.717, 1.165) is 42.6 Å². The second kappa shape index (κ2) is 10.1. The molecule has 1 aromatic rings. The number of carboxylic acids is 1. The Hall–Kier alpha value is -2.33. The molecule has 7 heteroatoms. The van der Waals surface area contributed by atoms with Crippen LogP contribution in [-0.2, 0) is 9.59 Å². The highest BCUT2D eigenvalue weighted by Gasteiger charge is 2.45. The molecule has 0 atom stereocenters. The Morgan fingerprint density at radius 3 is 2.09 bits per heavy atom. The summed E-state index contributed by atoms with van der Waals surface area (Å²) in [4.78, 5) is 42.9. The Morgan fingerprint density at radius 2 is 1.59 bits per heavy atom. The molecule has 0 radical (unpaired) electrons. The van der Waals surface area contributed by atoms with Crippen LogP contribution >= 0.6 is 11.3 Å². The first kappa shape index (κ1) is 26.3. The molecule has 3 rings (SSSR count). The van der Waals surface area contributed by atoms with E-state index in [1.165, 1.54) is 0 Å². The molecule has 2 fully saturated rings. The van der Waals surface area contributed by atoms with E-state index >= 15 is 0 Å². The van der Waals surface area contributed by atoms with Gasteiger partial charge in [-0.1, -0.05) is 18.8 Å². The molecule has 186 valence electrons. The number of carbonyl (C=O) groups is 3. The Kier molecular flexibility index (Phi) is 7.82. The van der Waals surface area contributed by atoms with Crippen LogP contribution in [0.25, 0.3) is 0 Å². The van der Waals surface area contributed by atoms with Crippen molar-refractivity contribution in [2.75, 3.05) is 19.0 Å². The minimum absolute atomic E-state index is 0.00591. The molecule has 1 N–H and O–H groups in total. The Morgan fingerprint density at radius 1 is 1.00 bits per heavy atom. The second-order valence-corrected chi connectivity index (χ2v) is 12.3. The average molecular weight is 487 g/mol. The van der Waals surface area contributed by atoms with Crippen molar-refractivity contribution in [2.45, 2.75) is 79.2 Å². The van der Waals surface area contributed by atoms with E-state index in [9.17, 15) is 19.5 Å². The molecular formula is C27H38N2O4S. The summed E-state index contributed by atoms with van der Waals surface area (Å²) in [6, 6.07) is -0.171. The summed E-state index contributed by atoms with van der Waals surface area (Å²) in [5.74, 6) is 5.77. The van der Waals surface area contributed by atoms with E-state index < -0.39 is 5.97 Å². The summed E-state index contributed by atoms with van der Waals surface area (Å²) in [6.07, 6.45) is 4.78. The van der Waals surface area contributed by atoms with Gasteiger partial charge in [0.2, 0.25) is 11.8 Å². The van der Waals surface area contributed by atoms with Gasteiger partial charge in [0, 0.05) is 43.0 Å². The number of aromatic carboxylic acids is 1. The third-order valence-electron chi connectivity index (χ3n) is 6.97. The van der Waals surface area contributed by atoms with Crippen molar-refractivity contribution in [1.82, 2.24) is 4.90 Å². The normalized spacial score (nSPS) is 24.4. The second-order valence-electron chi connectivity index (χ2n) is 11.3. The number of hydrogen-bond donors (Lipinski definition) is 1. The van der Waals surface area contributed by atoms with Crippen LogP contribution in [0.15, 0.2) is 0 Å². The van der Waals surface area contributed by atoms with Crippen LogP contribution in [-0.4, -0.2) is 47.9 Å². The zero-order chi connectivity index (χ0) is 25.4. The van der Waals surface area contributed by atoms with Gasteiger partial charge >= 0.3 is 5.97 Å². The van der Waals surface area contributed by atoms with Gasteiger partial charge < -0.3 is 14.9 Å². The minimum Gasteiger partial charge on any atom is -0.477 e. The monoisotopic (exact) mass is 486 g/mol. The smallest absolute Gasteiger partial charge is 0.348 e. The molecule has 0 unspecified atom stereocenters. The molecule has 6 nitrogen and oxygen atoms in total. The fraction of sp³-hybridized carbons (Fsp3) is 0.667. The number of thiophene rings is 1. The fourth-order valence-corrected chi connectivity index (χ4v) is 5.84. The van der Waals surface area contributed by atoms with Crippen LogP contribution in [0.2, 0.25) is 0 Å². The molecular weight excluding hydrogens is 448 g/mol. The van der Waals surface area contributed by atoms with Crippen LogP contribution in [0.5, 0.6) is 0 Å². The largest absolute Gasteiger partial charge is 0.477 e. The lowest BCUT2D eigenvalue weighted by molar-refractivity contribution is -0.137. The highest BCUT2D eigenvalue weighted by Crippen LogP contribution is 2.44. The van der Waals surface area contributed by atoms with Gasteiger partial charge in [0.25, 0.3) is 0 Å². The average Bonchev–Trinajstić information content (AvgIpc) is 3.04. The molecule has 2 saturated carbocycles. The third kappa shape index (κ3) is 5.66. The molecule has 2 aliphatic carbocycles. The summed E-state index contributed by atoms with van der Waals surface area (Å²) in [5, 5.41) is 10.1. The lowest BCUT2D eigenvalue weighted by Crippen LogP contribution is -2.54. The third-order valence-corrected chi connectivity index (χ3v) is 8.16. The van der Waals surface area contributed by atoms with Crippen molar-refractivity contribution in [3.8, 4) is 11.8 Å². The Bertz CT molecular complexity index is 1010. The quantitative estimate of drug-likeness (QED) is 0.582. The SMILES string of the molecule is Cc1c(C#CC(C)(C)C)sc(C(=O)O)c1N(C(=O)C1CCC(C)CC1)C1CC(C(=O)N(C)C)C1. The van der Waals surface area contributed by atoms with Crippen molar-refractivity contribution >= 4 is 34.8 Å². The summed E-state index contributed by atoms with van der Waals surface area (Å²) in [5.41, 5.74) is 1.02. The predicted molar refractivity (Wildman–Crippen MR) is 136 cm³/mol. The van der Waals surface area contributed by atoms with Crippen molar-refractivity contribution in [1.29, 1.82) is 0 Å². The van der Waals surface area contributed by atoms with Gasteiger partial charge in [0.1, 0.15) is 4.88 Å². The van der Waals surface area contributed by atoms with Gasteiger partial charge in [0.15, 0.2) is 0 Å². The molecule has 1 aromatic heterocycles. The standard InChI is InChI=1S/C27H38N2O4S/c1-16-8-10-18(11-9-16)25(31)29(20-14-19(15-20)24(30)28(6)7)22-17(2)21(12-13-27(3,4)5)34-23(22)26(32)33/h16,18-20H,8-11,14-15H2,1-7H3,(H,32,33). The number of hydrogen-bond acceptors (Lipinski definition) is 4. The fourth-order valence-electron chi connectivity index (χ4n) is 4.85. The van der Waals surface area contributed by atoms with E-state index in [1.54, 1.807) is 23.9 Å². The van der Waals surface area contributed by atoms with Crippen LogP contribution in [0.4, 0.5) is 5.69 Å². The van der Waals surface area contributed by atoms with Crippen LogP contribution < -0.4 is 4.90 Å². The van der Waals surface area contributed by atoms with Gasteiger partial charge in [-0.25, -0.2) is 4.79 Å². The van der Waals surface area contributed by atoms with E-state index in [-0.39, 0.29) is 40.0 Å². The van der Waals surface area contributed by atoms with Gasteiger partial charge in [0.05, 0.1) is 10.6 Å². The molecule has 1 heterocycles. The van der Waals surface area contributed by atoms with Gasteiger partial charge in [-0.2, -0.15) is 0 Å². The highest BCUT2D eigenvalue weighted by atomic mass is 32.1. The topological polar surface area (TPSA) is 77.9 Å². The molecule has 34 heavy (non-hydrogen) atoms. The van der Waals surface area contributed by atoms with E-state index in [4.69, 9.17) is 0 Å². The maximum absolute atomic E-state index is 13.9. The molecule has 0 spiro atoms. The number of carbonyl (C=O) groups excluding carboxylic acids is 2. The first-order chi connectivity index (χ1) is 15.8. The minimum atomic E-state index is -1.04. The summed E-state index contributed by atoms with van der Waals surface area (Å²) in [6.45, 7) is 10.1. The zero-order valence-electron chi connectivity index (χ0n) is 21.5. The van der Waals surface area contributed by atoms with Crippen molar-refractivity contribution in [3.05, 3.63) is 15.3 Å². The predicted octanol–water partition coefficient (Wildman–Crippen LogP) is 5.18. The number of carboxylic acid groups (broad SMARTS) is 1. The van der Waals surface area contributed by atoms with Crippen molar-refractivity contribution in [3.63, 3.8) is 0 Å². The molecule has 0 saturated heterocycles. The molecule has 2 aliphatic rings. The lowest BCUT2D eigenvalue weighted by Gasteiger charge is -2.44. The molecule has 0 bridgehead atoms. The number of nitrogens with zero attached hydrogens (tertiary/aromatic N) is 2. The summed E-state index contributed by atoms with van der Waals surface area (Å²) < 4.78 is 0. The first-order valence-electron chi connectivity index (χ1n) is 12.2. The van der Waals surface area contributed by atoms with Crippen LogP contribution in [0.1, 0.15) is 86.3 Å². The summed E-state index contributed by atoms with van der Waals surface area (Å²) >= 11 is 1.15. The van der Waals surface area contributed by atoms with E-state index in [2.05, 4.69) is 18.8 Å². The molecule has 0 aromatic carbocycles.